The molecule has 4 rings (SSSR count). The number of quaternary nitrogens is 1. The molecule has 1 spiro atoms. The molecule has 0 aromatic heterocycles. The van der Waals surface area contributed by atoms with Gasteiger partial charge in [0.25, 0.3) is 0 Å². The van der Waals surface area contributed by atoms with Crippen molar-refractivity contribution in [1.29, 1.82) is 0 Å². The number of carbonyl (C=O) groups is 1. The number of rotatable bonds is 3. The molecule has 1 aromatic rings. The Balaban J connectivity index is 0.00000256. The van der Waals surface area contributed by atoms with Crippen LogP contribution in [-0.2, 0) is 21.5 Å². The van der Waals surface area contributed by atoms with E-state index in [2.05, 4.69) is 19.2 Å². The Bertz CT molecular complexity index is 864. The van der Waals surface area contributed by atoms with Gasteiger partial charge in [-0.05, 0) is 32.9 Å². The Morgan fingerprint density at radius 2 is 2.10 bits per heavy atom. The summed E-state index contributed by atoms with van der Waals surface area (Å²) in [6.07, 6.45) is 4.85. The fourth-order valence-corrected chi connectivity index (χ4v) is 4.82. The van der Waals surface area contributed by atoms with Gasteiger partial charge in [0.15, 0.2) is 11.5 Å². The summed E-state index contributed by atoms with van der Waals surface area (Å²) in [5.41, 5.74) is 1.57. The first-order valence-corrected chi connectivity index (χ1v) is 10.3. The Hall–Kier alpha value is -1.76. The zero-order valence-corrected chi connectivity index (χ0v) is 19.2. The number of hydrogen-bond acceptors (Lipinski definition) is 5. The van der Waals surface area contributed by atoms with Gasteiger partial charge in [-0.1, -0.05) is 12.2 Å². The monoisotopic (exact) mass is 437 g/mol. The summed E-state index contributed by atoms with van der Waals surface area (Å²) in [5, 5.41) is 10.2. The molecule has 7 heteroatoms. The van der Waals surface area contributed by atoms with E-state index in [1.54, 1.807) is 7.11 Å². The van der Waals surface area contributed by atoms with Crippen molar-refractivity contribution in [2.75, 3.05) is 27.4 Å². The molecule has 3 aliphatic rings. The van der Waals surface area contributed by atoms with Crippen LogP contribution in [0.5, 0.6) is 11.5 Å². The molecular weight excluding hydrogens is 406 g/mol. The third-order valence-electron chi connectivity index (χ3n) is 6.54. The number of methoxy groups -OCH3 is 1. The van der Waals surface area contributed by atoms with Gasteiger partial charge in [-0.15, -0.1) is 0 Å². The first-order chi connectivity index (χ1) is 13.6. The minimum absolute atomic E-state index is 0. The second-order valence-corrected chi connectivity index (χ2v) is 10.0. The predicted molar refractivity (Wildman–Crippen MR) is 109 cm³/mol. The van der Waals surface area contributed by atoms with Crippen LogP contribution >= 0.6 is 0 Å². The lowest BCUT2D eigenvalue weighted by Gasteiger charge is -2.37. The molecule has 1 aromatic carbocycles. The van der Waals surface area contributed by atoms with Crippen LogP contribution in [0.2, 0.25) is 0 Å². The Kier molecular flexibility index (Phi) is 5.91. The molecule has 166 valence electrons. The van der Waals surface area contributed by atoms with Gasteiger partial charge in [-0.3, -0.25) is 9.28 Å². The molecule has 1 aliphatic carbocycles. The quantitative estimate of drug-likeness (QED) is 0.407. The van der Waals surface area contributed by atoms with E-state index in [1.165, 1.54) is 11.1 Å². The molecule has 6 nitrogen and oxygen atoms in total. The van der Waals surface area contributed by atoms with Crippen LogP contribution in [0, 0.1) is 5.41 Å². The van der Waals surface area contributed by atoms with E-state index in [9.17, 15) is 9.90 Å². The number of nitrogens with zero attached hydrogens (tertiary/aromatic N) is 1. The molecule has 1 N–H and O–H groups in total. The lowest BCUT2D eigenvalue weighted by molar-refractivity contribution is -0.938. The predicted octanol–water partition coefficient (Wildman–Crippen LogP) is -0.0841. The van der Waals surface area contributed by atoms with Gasteiger partial charge in [-0.25, -0.2) is 0 Å². The van der Waals surface area contributed by atoms with Gasteiger partial charge < -0.3 is 31.7 Å². The maximum Gasteiger partial charge on any atom is 0.315 e. The summed E-state index contributed by atoms with van der Waals surface area (Å²) < 4.78 is 18.3. The van der Waals surface area contributed by atoms with Crippen molar-refractivity contribution in [3.8, 4) is 11.5 Å². The molecule has 4 unspecified atom stereocenters. The molecule has 0 saturated heterocycles. The van der Waals surface area contributed by atoms with Gasteiger partial charge in [0.1, 0.15) is 12.6 Å². The topological polar surface area (TPSA) is 65.0 Å². The van der Waals surface area contributed by atoms with E-state index in [4.69, 9.17) is 14.2 Å². The number of ether oxygens (including phenoxy) is 3. The number of esters is 1. The minimum Gasteiger partial charge on any atom is -1.00 e. The zero-order valence-electron chi connectivity index (χ0n) is 18.4. The number of aliphatic hydroxyl groups excluding tert-OH is 1. The highest BCUT2D eigenvalue weighted by atomic mass is 35.5. The molecule has 4 atom stereocenters. The normalized spacial score (nSPS) is 31.5. The number of halogens is 1. The SMILES string of the molecule is COc1ccc2c3c1OC1CC(O)C=CC31CC[N+](C)(COC(=O)C(C)(C)C)C2.[Cl-]. The van der Waals surface area contributed by atoms with Gasteiger partial charge >= 0.3 is 5.97 Å². The van der Waals surface area contributed by atoms with Crippen molar-refractivity contribution in [3.05, 3.63) is 35.4 Å². The van der Waals surface area contributed by atoms with Crippen LogP contribution in [0.15, 0.2) is 24.3 Å². The van der Waals surface area contributed by atoms with E-state index < -0.39 is 11.5 Å². The lowest BCUT2D eigenvalue weighted by atomic mass is 9.69. The van der Waals surface area contributed by atoms with Crippen molar-refractivity contribution in [3.63, 3.8) is 0 Å². The molecule has 0 radical (unpaired) electrons. The fraction of sp³-hybridized carbons (Fsp3) is 0.609. The van der Waals surface area contributed by atoms with Crippen LogP contribution < -0.4 is 21.9 Å². The van der Waals surface area contributed by atoms with Crippen molar-refractivity contribution in [1.82, 2.24) is 0 Å². The van der Waals surface area contributed by atoms with E-state index in [0.29, 0.717) is 17.6 Å². The Labute approximate surface area is 184 Å². The maximum atomic E-state index is 12.3. The van der Waals surface area contributed by atoms with Gasteiger partial charge in [0, 0.05) is 24.0 Å². The first kappa shape index (κ1) is 22.9. The summed E-state index contributed by atoms with van der Waals surface area (Å²) in [5.74, 6) is 1.35. The number of benzene rings is 1. The zero-order chi connectivity index (χ0) is 21.0. The van der Waals surface area contributed by atoms with Crippen molar-refractivity contribution < 1.29 is 41.0 Å². The van der Waals surface area contributed by atoms with E-state index in [-0.39, 0.29) is 29.9 Å². The molecule has 0 fully saturated rings. The summed E-state index contributed by atoms with van der Waals surface area (Å²) in [6, 6.07) is 4.06. The van der Waals surface area contributed by atoms with E-state index >= 15 is 0 Å². The average molecular weight is 438 g/mol. The molecule has 2 heterocycles. The second kappa shape index (κ2) is 7.74. The third-order valence-corrected chi connectivity index (χ3v) is 6.54. The number of hydrogen-bond donors (Lipinski definition) is 1. The molecule has 30 heavy (non-hydrogen) atoms. The highest BCUT2D eigenvalue weighted by Crippen LogP contribution is 2.56. The summed E-state index contributed by atoms with van der Waals surface area (Å²) >= 11 is 0. The molecule has 0 amide bonds. The Morgan fingerprint density at radius 1 is 1.37 bits per heavy atom. The van der Waals surface area contributed by atoms with E-state index in [0.717, 1.165) is 31.0 Å². The van der Waals surface area contributed by atoms with Crippen molar-refractivity contribution >= 4 is 5.97 Å². The standard InChI is InChI=1S/C23H32NO5.ClH/c1-22(2,3)21(26)28-14-24(4)11-10-23-9-8-16(25)12-18(23)29-20-17(27-5)7-6-15(13-24)19(20)23;/h6-9,16,18,25H,10-14H2,1-5H3;1H/q+1;/p-1. The van der Waals surface area contributed by atoms with Crippen LogP contribution in [0.4, 0.5) is 0 Å². The maximum absolute atomic E-state index is 12.3. The summed E-state index contributed by atoms with van der Waals surface area (Å²) in [4.78, 5) is 12.3. The smallest absolute Gasteiger partial charge is 0.315 e. The Morgan fingerprint density at radius 3 is 2.77 bits per heavy atom. The lowest BCUT2D eigenvalue weighted by Crippen LogP contribution is -3.00. The highest BCUT2D eigenvalue weighted by Gasteiger charge is 2.54. The number of aliphatic hydroxyl groups is 1. The molecular formula is C23H32ClNO5. The summed E-state index contributed by atoms with van der Waals surface area (Å²) in [7, 11) is 3.80. The molecule has 0 saturated carbocycles. The van der Waals surface area contributed by atoms with Crippen molar-refractivity contribution in [2.45, 2.75) is 57.8 Å². The van der Waals surface area contributed by atoms with Gasteiger partial charge in [-0.2, -0.15) is 0 Å². The third kappa shape index (κ3) is 3.70. The van der Waals surface area contributed by atoms with E-state index in [1.807, 2.05) is 32.9 Å². The van der Waals surface area contributed by atoms with Crippen LogP contribution in [0.25, 0.3) is 0 Å². The van der Waals surface area contributed by atoms with Crippen molar-refractivity contribution in [2.24, 2.45) is 5.41 Å². The molecule has 2 aliphatic heterocycles. The largest absolute Gasteiger partial charge is 1.00 e. The molecule has 0 bridgehead atoms. The highest BCUT2D eigenvalue weighted by molar-refractivity contribution is 5.75. The van der Waals surface area contributed by atoms with Crippen LogP contribution in [0.3, 0.4) is 0 Å². The minimum atomic E-state index is -0.517. The van der Waals surface area contributed by atoms with Crippen LogP contribution in [0.1, 0.15) is 44.7 Å². The van der Waals surface area contributed by atoms with Gasteiger partial charge in [0.05, 0.1) is 37.6 Å². The fourth-order valence-electron chi connectivity index (χ4n) is 4.82. The average Bonchev–Trinajstić information content (AvgIpc) is 2.92. The second-order valence-electron chi connectivity index (χ2n) is 10.0. The summed E-state index contributed by atoms with van der Waals surface area (Å²) in [6.45, 7) is 7.55. The van der Waals surface area contributed by atoms with Crippen LogP contribution in [-0.4, -0.2) is 55.2 Å². The first-order valence-electron chi connectivity index (χ1n) is 10.3. The van der Waals surface area contributed by atoms with Gasteiger partial charge in [0.2, 0.25) is 6.73 Å². The number of carbonyl (C=O) groups excluding carboxylic acids is 1.